The number of hydrogen-bond acceptors (Lipinski definition) is 2. The highest BCUT2D eigenvalue weighted by molar-refractivity contribution is 6.01. The SMILES string of the molecule is Cc1c(-c2nc3cc4ccccc4cc3c[n+]2C)cc(N(C)C)c2ccccc12. The molecule has 0 unspecified atom stereocenters. The molecule has 5 aromatic rings. The topological polar surface area (TPSA) is 20.0 Å². The summed E-state index contributed by atoms with van der Waals surface area (Å²) in [6, 6.07) is 23.8. The van der Waals surface area contributed by atoms with Gasteiger partial charge in [0.05, 0.1) is 18.0 Å². The van der Waals surface area contributed by atoms with Gasteiger partial charge in [-0.05, 0) is 51.8 Å². The smallest absolute Gasteiger partial charge is 0.331 e. The van der Waals surface area contributed by atoms with Gasteiger partial charge in [0.2, 0.25) is 0 Å². The van der Waals surface area contributed by atoms with Gasteiger partial charge in [-0.2, -0.15) is 0 Å². The molecule has 0 aliphatic carbocycles. The van der Waals surface area contributed by atoms with Gasteiger partial charge in [0, 0.05) is 25.2 Å². The molecule has 1 aromatic heterocycles. The number of nitrogens with zero attached hydrogens (tertiary/aromatic N) is 3. The summed E-state index contributed by atoms with van der Waals surface area (Å²) in [7, 11) is 6.28. The maximum atomic E-state index is 5.11. The minimum absolute atomic E-state index is 0.985. The molecule has 3 nitrogen and oxygen atoms in total. The summed E-state index contributed by atoms with van der Waals surface area (Å²) >= 11 is 0. The highest BCUT2D eigenvalue weighted by Gasteiger charge is 2.21. The number of benzene rings is 4. The van der Waals surface area contributed by atoms with Gasteiger partial charge in [-0.15, -0.1) is 0 Å². The van der Waals surface area contributed by atoms with Crippen LogP contribution < -0.4 is 9.47 Å². The Morgan fingerprint density at radius 3 is 2.17 bits per heavy atom. The van der Waals surface area contributed by atoms with E-state index in [1.807, 2.05) is 0 Å². The van der Waals surface area contributed by atoms with Crippen LogP contribution in [0.5, 0.6) is 0 Å². The second kappa shape index (κ2) is 6.56. The van der Waals surface area contributed by atoms with Gasteiger partial charge in [-0.3, -0.25) is 0 Å². The summed E-state index contributed by atoms with van der Waals surface area (Å²) in [4.78, 5) is 7.29. The normalized spacial score (nSPS) is 11.4. The molecule has 0 radical (unpaired) electrons. The van der Waals surface area contributed by atoms with Gasteiger partial charge in [0.25, 0.3) is 0 Å². The second-order valence-corrected chi connectivity index (χ2v) is 7.94. The Morgan fingerprint density at radius 1 is 0.793 bits per heavy atom. The van der Waals surface area contributed by atoms with Crippen LogP contribution in [0.1, 0.15) is 5.56 Å². The Kier molecular flexibility index (Phi) is 3.99. The number of aryl methyl sites for hydroxylation is 2. The Bertz CT molecular complexity index is 1400. The lowest BCUT2D eigenvalue weighted by Gasteiger charge is -2.18. The summed E-state index contributed by atoms with van der Waals surface area (Å²) in [6.45, 7) is 2.20. The molecule has 0 aliphatic rings. The molecule has 0 amide bonds. The average Bonchev–Trinajstić information content (AvgIpc) is 2.72. The highest BCUT2D eigenvalue weighted by atomic mass is 15.1. The van der Waals surface area contributed by atoms with Gasteiger partial charge in [0.1, 0.15) is 6.20 Å². The van der Waals surface area contributed by atoms with Crippen molar-refractivity contribution in [1.29, 1.82) is 0 Å². The molecule has 1 heterocycles. The molecule has 0 bridgehead atoms. The molecule has 5 rings (SSSR count). The molecular formula is C26H24N3+. The Balaban J connectivity index is 1.83. The van der Waals surface area contributed by atoms with Crippen molar-refractivity contribution >= 4 is 38.1 Å². The van der Waals surface area contributed by atoms with Crippen LogP contribution in [0.25, 0.3) is 43.8 Å². The van der Waals surface area contributed by atoms with Crippen LogP contribution in [0.15, 0.2) is 72.9 Å². The molecule has 142 valence electrons. The molecule has 0 saturated heterocycles. The molecule has 4 aromatic carbocycles. The van der Waals surface area contributed by atoms with Crippen molar-refractivity contribution in [3.05, 3.63) is 78.5 Å². The first-order valence-electron chi connectivity index (χ1n) is 9.92. The number of rotatable bonds is 2. The lowest BCUT2D eigenvalue weighted by atomic mass is 9.97. The molecule has 0 atom stereocenters. The quantitative estimate of drug-likeness (QED) is 0.302. The summed E-state index contributed by atoms with van der Waals surface area (Å²) in [5.74, 6) is 0.985. The van der Waals surface area contributed by atoms with E-state index in [4.69, 9.17) is 4.98 Å². The molecular weight excluding hydrogens is 354 g/mol. The third kappa shape index (κ3) is 2.82. The van der Waals surface area contributed by atoms with Gasteiger partial charge < -0.3 is 4.90 Å². The fraction of sp³-hybridized carbons (Fsp3) is 0.154. The van der Waals surface area contributed by atoms with Crippen LogP contribution in [0.2, 0.25) is 0 Å². The van der Waals surface area contributed by atoms with Crippen molar-refractivity contribution < 1.29 is 4.57 Å². The Labute approximate surface area is 170 Å². The Hall–Kier alpha value is -3.46. The number of anilines is 1. The van der Waals surface area contributed by atoms with Crippen LogP contribution >= 0.6 is 0 Å². The van der Waals surface area contributed by atoms with Crippen LogP contribution in [0.3, 0.4) is 0 Å². The van der Waals surface area contributed by atoms with Gasteiger partial charge >= 0.3 is 5.82 Å². The first-order valence-corrected chi connectivity index (χ1v) is 9.92. The first-order chi connectivity index (χ1) is 14.0. The monoisotopic (exact) mass is 378 g/mol. The number of fused-ring (bicyclic) bond motifs is 3. The standard InChI is InChI=1S/C26H24N3/c1-17-21-11-7-8-12-22(21)25(28(2)3)15-23(17)26-27-24-14-19-10-6-5-9-18(19)13-20(24)16-29(26)4/h5-16H,1-4H3/q+1. The van der Waals surface area contributed by atoms with Crippen molar-refractivity contribution in [2.45, 2.75) is 6.92 Å². The van der Waals surface area contributed by atoms with Crippen LogP contribution in [0, 0.1) is 6.92 Å². The maximum absolute atomic E-state index is 5.11. The third-order valence-corrected chi connectivity index (χ3v) is 5.80. The van der Waals surface area contributed by atoms with Crippen molar-refractivity contribution in [3.8, 4) is 11.4 Å². The van der Waals surface area contributed by atoms with Crippen LogP contribution in [-0.4, -0.2) is 19.1 Å². The van der Waals surface area contributed by atoms with Crippen molar-refractivity contribution in [2.75, 3.05) is 19.0 Å². The van der Waals surface area contributed by atoms with E-state index in [1.165, 1.54) is 38.4 Å². The largest absolute Gasteiger partial charge is 0.377 e. The van der Waals surface area contributed by atoms with Crippen molar-refractivity contribution in [1.82, 2.24) is 4.98 Å². The number of aromatic nitrogens is 2. The van der Waals surface area contributed by atoms with E-state index >= 15 is 0 Å². The lowest BCUT2D eigenvalue weighted by Crippen LogP contribution is -2.32. The van der Waals surface area contributed by atoms with Crippen molar-refractivity contribution in [3.63, 3.8) is 0 Å². The van der Waals surface area contributed by atoms with Gasteiger partial charge in [-0.1, -0.05) is 48.5 Å². The molecule has 0 fully saturated rings. The van der Waals surface area contributed by atoms with E-state index in [1.54, 1.807) is 0 Å². The molecule has 0 N–H and O–H groups in total. The summed E-state index contributed by atoms with van der Waals surface area (Å²) in [6.07, 6.45) is 2.19. The Morgan fingerprint density at radius 2 is 1.45 bits per heavy atom. The zero-order chi connectivity index (χ0) is 20.1. The second-order valence-electron chi connectivity index (χ2n) is 7.94. The van der Waals surface area contributed by atoms with E-state index in [9.17, 15) is 0 Å². The van der Waals surface area contributed by atoms with Crippen LogP contribution in [0.4, 0.5) is 5.69 Å². The first kappa shape index (κ1) is 17.6. The molecule has 0 saturated carbocycles. The third-order valence-electron chi connectivity index (χ3n) is 5.80. The molecule has 0 aliphatic heterocycles. The van der Waals surface area contributed by atoms with E-state index in [0.717, 1.165) is 16.7 Å². The van der Waals surface area contributed by atoms with E-state index < -0.39 is 0 Å². The maximum Gasteiger partial charge on any atom is 0.331 e. The van der Waals surface area contributed by atoms with Crippen molar-refractivity contribution in [2.24, 2.45) is 7.05 Å². The fourth-order valence-electron chi connectivity index (χ4n) is 4.26. The summed E-state index contributed by atoms with van der Waals surface area (Å²) in [5.41, 5.74) is 4.66. The zero-order valence-electron chi connectivity index (χ0n) is 17.3. The summed E-state index contributed by atoms with van der Waals surface area (Å²) in [5, 5.41) is 6.16. The van der Waals surface area contributed by atoms with E-state index in [0.29, 0.717) is 0 Å². The fourth-order valence-corrected chi connectivity index (χ4v) is 4.26. The average molecular weight is 378 g/mol. The van der Waals surface area contributed by atoms with Gasteiger partial charge in [0.15, 0.2) is 5.52 Å². The number of hydrogen-bond donors (Lipinski definition) is 0. The molecule has 0 spiro atoms. The summed E-state index contributed by atoms with van der Waals surface area (Å²) < 4.78 is 2.15. The minimum Gasteiger partial charge on any atom is -0.377 e. The minimum atomic E-state index is 0.985. The zero-order valence-corrected chi connectivity index (χ0v) is 17.3. The highest BCUT2D eigenvalue weighted by Crippen LogP contribution is 2.35. The molecule has 3 heteroatoms. The van der Waals surface area contributed by atoms with E-state index in [2.05, 4.69) is 110 Å². The van der Waals surface area contributed by atoms with Gasteiger partial charge in [-0.25, -0.2) is 4.57 Å². The van der Waals surface area contributed by atoms with E-state index in [-0.39, 0.29) is 0 Å². The predicted molar refractivity (Wildman–Crippen MR) is 122 cm³/mol. The lowest BCUT2D eigenvalue weighted by molar-refractivity contribution is -0.661. The predicted octanol–water partition coefficient (Wildman–Crippen LogP) is 5.41. The molecule has 29 heavy (non-hydrogen) atoms. The van der Waals surface area contributed by atoms with Crippen LogP contribution in [-0.2, 0) is 7.05 Å².